The number of aliphatic hydroxyl groups is 2. The van der Waals surface area contributed by atoms with Gasteiger partial charge in [-0.15, -0.1) is 5.92 Å². The number of nitrogens with one attached hydrogen (secondary N) is 1. The smallest absolute Gasteiger partial charge is 0.330 e. The number of rotatable bonds is 2. The number of halogens is 1. The van der Waals surface area contributed by atoms with Crippen molar-refractivity contribution in [3.8, 4) is 11.8 Å². The van der Waals surface area contributed by atoms with Crippen molar-refractivity contribution in [1.82, 2.24) is 9.55 Å². The fourth-order valence-electron chi connectivity index (χ4n) is 2.29. The van der Waals surface area contributed by atoms with Gasteiger partial charge >= 0.3 is 5.69 Å². The minimum absolute atomic E-state index is 0.566. The molecule has 1 aliphatic heterocycles. The number of ether oxygens (including phenoxy) is 1. The van der Waals surface area contributed by atoms with Crippen LogP contribution in [0, 0.1) is 11.8 Å². The lowest BCUT2D eigenvalue weighted by Crippen LogP contribution is -2.45. The Morgan fingerprint density at radius 3 is 2.76 bits per heavy atom. The molecule has 0 aliphatic carbocycles. The van der Waals surface area contributed by atoms with Crippen molar-refractivity contribution < 1.29 is 14.9 Å². The zero-order valence-corrected chi connectivity index (χ0v) is 12.2. The molecular weight excluding hydrogens is 300 g/mol. The molecule has 8 heteroatoms. The van der Waals surface area contributed by atoms with E-state index < -0.39 is 40.7 Å². The van der Waals surface area contributed by atoms with E-state index in [2.05, 4.69) is 16.8 Å². The largest absolute Gasteiger partial charge is 0.391 e. The van der Waals surface area contributed by atoms with Crippen LogP contribution < -0.4 is 11.2 Å². The minimum atomic E-state index is -1.61. The van der Waals surface area contributed by atoms with Crippen molar-refractivity contribution in [3.05, 3.63) is 33.1 Å². The number of hydrogen-bond donors (Lipinski definition) is 3. The van der Waals surface area contributed by atoms with E-state index in [-0.39, 0.29) is 0 Å². The van der Waals surface area contributed by atoms with E-state index in [1.54, 1.807) is 0 Å². The topological polar surface area (TPSA) is 105 Å². The number of aromatic nitrogens is 2. The number of H-pyrrole nitrogens is 1. The Bertz CT molecular complexity index is 701. The summed E-state index contributed by atoms with van der Waals surface area (Å²) in [7, 11) is 0. The third kappa shape index (κ3) is 2.63. The van der Waals surface area contributed by atoms with E-state index in [4.69, 9.17) is 16.3 Å². The lowest BCUT2D eigenvalue weighted by Gasteiger charge is -2.25. The first-order valence-electron chi connectivity index (χ1n) is 6.27. The van der Waals surface area contributed by atoms with Gasteiger partial charge in [0.1, 0.15) is 12.2 Å². The summed E-state index contributed by atoms with van der Waals surface area (Å²) in [5.74, 6) is 5.20. The maximum atomic E-state index is 11.9. The van der Waals surface area contributed by atoms with Crippen LogP contribution in [-0.2, 0) is 4.74 Å². The molecule has 1 unspecified atom stereocenters. The molecule has 5 atom stereocenters. The van der Waals surface area contributed by atoms with Gasteiger partial charge < -0.3 is 14.9 Å². The number of alkyl halides is 1. The van der Waals surface area contributed by atoms with Crippen molar-refractivity contribution in [2.24, 2.45) is 0 Å². The maximum Gasteiger partial charge on any atom is 0.330 e. The average molecular weight is 315 g/mol. The lowest BCUT2D eigenvalue weighted by molar-refractivity contribution is -0.0773. The highest BCUT2D eigenvalue weighted by Crippen LogP contribution is 2.43. The molecule has 0 aromatic carbocycles. The monoisotopic (exact) mass is 314 g/mol. The molecule has 2 rings (SSSR count). The maximum absolute atomic E-state index is 11.9. The highest BCUT2D eigenvalue weighted by Gasteiger charge is 2.57. The van der Waals surface area contributed by atoms with Crippen LogP contribution in [0.1, 0.15) is 20.1 Å². The van der Waals surface area contributed by atoms with Crippen molar-refractivity contribution in [2.75, 3.05) is 0 Å². The number of aromatic amines is 1. The van der Waals surface area contributed by atoms with Gasteiger partial charge in [0.2, 0.25) is 0 Å². The number of aliphatic hydroxyl groups excluding tert-OH is 2. The van der Waals surface area contributed by atoms with Crippen LogP contribution in [0.3, 0.4) is 0 Å². The van der Waals surface area contributed by atoms with Crippen LogP contribution in [0.15, 0.2) is 21.9 Å². The Hall–Kier alpha value is -1.59. The summed E-state index contributed by atoms with van der Waals surface area (Å²) in [4.78, 5) is 23.5. The summed E-state index contributed by atoms with van der Waals surface area (Å²) >= 11 is 6.36. The SMILES string of the molecule is CC#C[C@@]1(Cl)C(O)[C@@H]([C@H](C)O)O[C@H]1n1ccc(=O)[nH]c1=O. The standard InChI is InChI=1S/C13H15ClN2O5/c1-3-5-13(14)10(19)9(7(2)17)21-11(13)16-6-4-8(18)15-12(16)20/h4,6-7,9-11,17,19H,1-2H3,(H,15,18,20)/t7-,9+,10?,11+,13+/m0/s1. The van der Waals surface area contributed by atoms with Crippen molar-refractivity contribution in [1.29, 1.82) is 0 Å². The highest BCUT2D eigenvalue weighted by molar-refractivity contribution is 6.27. The molecule has 0 spiro atoms. The van der Waals surface area contributed by atoms with E-state index in [1.165, 1.54) is 20.0 Å². The summed E-state index contributed by atoms with van der Waals surface area (Å²) in [6.45, 7) is 2.96. The second-order valence-corrected chi connectivity index (χ2v) is 5.42. The van der Waals surface area contributed by atoms with Crippen molar-refractivity contribution >= 4 is 11.6 Å². The van der Waals surface area contributed by atoms with E-state index in [9.17, 15) is 19.8 Å². The Kier molecular flexibility index (Phi) is 4.25. The first kappa shape index (κ1) is 15.8. The molecule has 0 saturated carbocycles. The van der Waals surface area contributed by atoms with Crippen LogP contribution in [-0.4, -0.2) is 43.0 Å². The zero-order valence-electron chi connectivity index (χ0n) is 11.4. The average Bonchev–Trinajstić information content (AvgIpc) is 2.64. The Morgan fingerprint density at radius 2 is 2.24 bits per heavy atom. The van der Waals surface area contributed by atoms with Crippen LogP contribution in [0.25, 0.3) is 0 Å². The third-order valence-corrected chi connectivity index (χ3v) is 3.79. The normalized spacial score (nSPS) is 33.3. The molecule has 0 radical (unpaired) electrons. The fraction of sp³-hybridized carbons (Fsp3) is 0.538. The second-order valence-electron chi connectivity index (χ2n) is 4.80. The number of nitrogens with zero attached hydrogens (tertiary/aromatic N) is 1. The Morgan fingerprint density at radius 1 is 1.57 bits per heavy atom. The van der Waals surface area contributed by atoms with Gasteiger partial charge in [0.05, 0.1) is 6.10 Å². The molecule has 114 valence electrons. The number of hydrogen-bond acceptors (Lipinski definition) is 5. The predicted molar refractivity (Wildman–Crippen MR) is 75.0 cm³/mol. The molecule has 0 bridgehead atoms. The van der Waals surface area contributed by atoms with E-state index in [1.807, 2.05) is 0 Å². The van der Waals surface area contributed by atoms with Crippen LogP contribution in [0.5, 0.6) is 0 Å². The van der Waals surface area contributed by atoms with Gasteiger partial charge in [-0.1, -0.05) is 17.5 Å². The molecule has 2 heterocycles. The van der Waals surface area contributed by atoms with Crippen LogP contribution in [0.2, 0.25) is 0 Å². The molecule has 0 amide bonds. The Labute approximate surface area is 125 Å². The molecular formula is C13H15ClN2O5. The highest BCUT2D eigenvalue weighted by atomic mass is 35.5. The Balaban J connectivity index is 2.56. The van der Waals surface area contributed by atoms with Gasteiger partial charge in [0, 0.05) is 12.3 Å². The van der Waals surface area contributed by atoms with Crippen molar-refractivity contribution in [3.63, 3.8) is 0 Å². The third-order valence-electron chi connectivity index (χ3n) is 3.28. The summed E-state index contributed by atoms with van der Waals surface area (Å²) in [6.07, 6.45) is -3.27. The van der Waals surface area contributed by atoms with Gasteiger partial charge in [0.15, 0.2) is 11.1 Å². The van der Waals surface area contributed by atoms with Gasteiger partial charge in [-0.25, -0.2) is 4.79 Å². The van der Waals surface area contributed by atoms with Gasteiger partial charge in [-0.2, -0.15) is 0 Å². The molecule has 1 aliphatic rings. The lowest BCUT2D eigenvalue weighted by atomic mass is 9.96. The molecule has 7 nitrogen and oxygen atoms in total. The van der Waals surface area contributed by atoms with Crippen LogP contribution in [0.4, 0.5) is 0 Å². The summed E-state index contributed by atoms with van der Waals surface area (Å²) in [5, 5.41) is 19.9. The first-order valence-corrected chi connectivity index (χ1v) is 6.65. The van der Waals surface area contributed by atoms with Crippen LogP contribution >= 0.6 is 11.6 Å². The molecule has 3 N–H and O–H groups in total. The molecule has 1 aromatic heterocycles. The quantitative estimate of drug-likeness (QED) is 0.488. The zero-order chi connectivity index (χ0) is 15.8. The van der Waals surface area contributed by atoms with Gasteiger partial charge in [-0.3, -0.25) is 14.3 Å². The summed E-state index contributed by atoms with van der Waals surface area (Å²) in [6, 6.07) is 1.13. The molecule has 1 fully saturated rings. The first-order chi connectivity index (χ1) is 9.81. The fourth-order valence-corrected chi connectivity index (χ4v) is 2.67. The van der Waals surface area contributed by atoms with E-state index in [0.717, 1.165) is 10.6 Å². The van der Waals surface area contributed by atoms with Gasteiger partial charge in [0.25, 0.3) is 5.56 Å². The second kappa shape index (κ2) is 5.66. The van der Waals surface area contributed by atoms with Gasteiger partial charge in [-0.05, 0) is 13.8 Å². The molecule has 1 saturated heterocycles. The minimum Gasteiger partial charge on any atom is -0.391 e. The predicted octanol–water partition coefficient (Wildman–Crippen LogP) is -0.823. The molecule has 1 aromatic rings. The summed E-state index contributed by atoms with van der Waals surface area (Å²) in [5.41, 5.74) is -1.31. The summed E-state index contributed by atoms with van der Waals surface area (Å²) < 4.78 is 6.55. The molecule has 21 heavy (non-hydrogen) atoms. The van der Waals surface area contributed by atoms with E-state index >= 15 is 0 Å². The van der Waals surface area contributed by atoms with E-state index in [0.29, 0.717) is 0 Å². The van der Waals surface area contributed by atoms with Crippen molar-refractivity contribution in [2.45, 2.75) is 43.3 Å².